The van der Waals surface area contributed by atoms with Gasteiger partial charge in [-0.15, -0.1) is 11.3 Å². The zero-order valence-corrected chi connectivity index (χ0v) is 7.64. The van der Waals surface area contributed by atoms with Crippen LogP contribution in [-0.4, -0.2) is 18.2 Å². The molecule has 1 aromatic heterocycles. The third kappa shape index (κ3) is 1.37. The fourth-order valence-corrected chi connectivity index (χ4v) is 2.23. The Morgan fingerprint density at radius 2 is 2.25 bits per heavy atom. The first-order valence-corrected chi connectivity index (χ1v) is 4.96. The van der Waals surface area contributed by atoms with Crippen LogP contribution in [0.15, 0.2) is 11.6 Å². The van der Waals surface area contributed by atoms with Gasteiger partial charge in [-0.3, -0.25) is 0 Å². The van der Waals surface area contributed by atoms with Crippen molar-refractivity contribution in [2.75, 3.05) is 13.2 Å². The second-order valence-corrected chi connectivity index (χ2v) is 4.00. The molecule has 66 valence electrons. The molecule has 1 aliphatic heterocycles. The summed E-state index contributed by atoms with van der Waals surface area (Å²) in [6.07, 6.45) is 3.59. The van der Waals surface area contributed by atoms with Crippen LogP contribution in [0.5, 0.6) is 0 Å². The maximum absolute atomic E-state index is 6.19. The molecule has 3 nitrogen and oxygen atoms in total. The Kier molecular flexibility index (Phi) is 2.12. The van der Waals surface area contributed by atoms with Crippen molar-refractivity contribution in [2.45, 2.75) is 18.4 Å². The van der Waals surface area contributed by atoms with Crippen LogP contribution in [0.4, 0.5) is 0 Å². The number of hydrogen-bond donors (Lipinski definition) is 1. The summed E-state index contributed by atoms with van der Waals surface area (Å²) >= 11 is 1.64. The Bertz CT molecular complexity index is 242. The molecule has 4 heteroatoms. The summed E-state index contributed by atoms with van der Waals surface area (Å²) in [7, 11) is 0. The molecule has 0 aromatic carbocycles. The Labute approximate surface area is 75.6 Å². The lowest BCUT2D eigenvalue weighted by molar-refractivity contribution is 0.0521. The summed E-state index contributed by atoms with van der Waals surface area (Å²) in [6, 6.07) is 0. The molecule has 0 amide bonds. The number of aromatic nitrogens is 1. The first kappa shape index (κ1) is 8.16. The van der Waals surface area contributed by atoms with Crippen molar-refractivity contribution >= 4 is 11.3 Å². The minimum Gasteiger partial charge on any atom is -0.381 e. The lowest BCUT2D eigenvalue weighted by Crippen LogP contribution is -2.42. The molecule has 0 radical (unpaired) electrons. The van der Waals surface area contributed by atoms with E-state index in [0.29, 0.717) is 0 Å². The van der Waals surface area contributed by atoms with Crippen LogP contribution >= 0.6 is 11.3 Å². The van der Waals surface area contributed by atoms with Gasteiger partial charge in [-0.25, -0.2) is 4.98 Å². The molecule has 1 aromatic rings. The van der Waals surface area contributed by atoms with E-state index < -0.39 is 0 Å². The first-order valence-electron chi connectivity index (χ1n) is 4.08. The summed E-state index contributed by atoms with van der Waals surface area (Å²) in [4.78, 5) is 4.25. The number of rotatable bonds is 1. The fraction of sp³-hybridized carbons (Fsp3) is 0.625. The van der Waals surface area contributed by atoms with E-state index in [-0.39, 0.29) is 5.54 Å². The molecule has 2 rings (SSSR count). The van der Waals surface area contributed by atoms with Crippen molar-refractivity contribution in [2.24, 2.45) is 5.73 Å². The normalized spacial score (nSPS) is 22.4. The van der Waals surface area contributed by atoms with Gasteiger partial charge >= 0.3 is 0 Å². The van der Waals surface area contributed by atoms with Crippen LogP contribution in [-0.2, 0) is 10.3 Å². The molecule has 1 aliphatic rings. The molecule has 1 saturated heterocycles. The van der Waals surface area contributed by atoms with E-state index in [9.17, 15) is 0 Å². The highest BCUT2D eigenvalue weighted by molar-refractivity contribution is 7.09. The third-order valence-electron chi connectivity index (χ3n) is 2.24. The molecule has 0 bridgehead atoms. The monoisotopic (exact) mass is 184 g/mol. The predicted octanol–water partition coefficient (Wildman–Crippen LogP) is 1.11. The molecular weight excluding hydrogens is 172 g/mol. The van der Waals surface area contributed by atoms with Crippen molar-refractivity contribution in [3.8, 4) is 0 Å². The number of hydrogen-bond acceptors (Lipinski definition) is 4. The van der Waals surface area contributed by atoms with E-state index in [4.69, 9.17) is 10.5 Å². The maximum Gasteiger partial charge on any atom is 0.113 e. The highest BCUT2D eigenvalue weighted by Crippen LogP contribution is 2.30. The molecule has 0 unspecified atom stereocenters. The van der Waals surface area contributed by atoms with Gasteiger partial charge in [0.25, 0.3) is 0 Å². The van der Waals surface area contributed by atoms with E-state index in [2.05, 4.69) is 4.98 Å². The summed E-state index contributed by atoms with van der Waals surface area (Å²) in [5.74, 6) is 0. The summed E-state index contributed by atoms with van der Waals surface area (Å²) in [5, 5.41) is 3.02. The average Bonchev–Trinajstić information content (AvgIpc) is 2.58. The number of thiazole rings is 1. The van der Waals surface area contributed by atoms with Crippen molar-refractivity contribution in [3.63, 3.8) is 0 Å². The van der Waals surface area contributed by atoms with Gasteiger partial charge in [0.05, 0.1) is 5.54 Å². The number of ether oxygens (including phenoxy) is 1. The Balaban J connectivity index is 2.19. The number of nitrogens with zero attached hydrogens (tertiary/aromatic N) is 1. The molecule has 12 heavy (non-hydrogen) atoms. The first-order chi connectivity index (χ1) is 5.81. The van der Waals surface area contributed by atoms with Crippen LogP contribution in [0.2, 0.25) is 0 Å². The molecule has 0 saturated carbocycles. The Morgan fingerprint density at radius 1 is 1.50 bits per heavy atom. The Hall–Kier alpha value is -0.450. The minimum atomic E-state index is -0.216. The predicted molar refractivity (Wildman–Crippen MR) is 48.0 cm³/mol. The van der Waals surface area contributed by atoms with E-state index in [1.54, 1.807) is 11.3 Å². The fourth-order valence-electron chi connectivity index (χ4n) is 1.42. The van der Waals surface area contributed by atoms with Crippen LogP contribution in [0.25, 0.3) is 0 Å². The van der Waals surface area contributed by atoms with Gasteiger partial charge in [0.15, 0.2) is 0 Å². The van der Waals surface area contributed by atoms with E-state index in [1.165, 1.54) is 0 Å². The summed E-state index contributed by atoms with van der Waals surface area (Å²) in [6.45, 7) is 1.52. The van der Waals surface area contributed by atoms with Crippen LogP contribution in [0, 0.1) is 0 Å². The largest absolute Gasteiger partial charge is 0.381 e. The Morgan fingerprint density at radius 3 is 2.83 bits per heavy atom. The lowest BCUT2D eigenvalue weighted by atomic mass is 9.92. The van der Waals surface area contributed by atoms with Gasteiger partial charge in [-0.1, -0.05) is 0 Å². The zero-order valence-electron chi connectivity index (χ0n) is 6.82. The van der Waals surface area contributed by atoms with Crippen LogP contribution < -0.4 is 5.73 Å². The second-order valence-electron chi connectivity index (χ2n) is 3.11. The zero-order chi connectivity index (χ0) is 8.44. The van der Waals surface area contributed by atoms with Gasteiger partial charge in [-0.2, -0.15) is 0 Å². The van der Waals surface area contributed by atoms with Crippen LogP contribution in [0.1, 0.15) is 17.8 Å². The summed E-state index contributed by atoms with van der Waals surface area (Å²) < 4.78 is 5.26. The van der Waals surface area contributed by atoms with Crippen molar-refractivity contribution < 1.29 is 4.74 Å². The van der Waals surface area contributed by atoms with Gasteiger partial charge in [0, 0.05) is 24.8 Å². The molecule has 1 fully saturated rings. The summed E-state index contributed by atoms with van der Waals surface area (Å²) in [5.41, 5.74) is 5.98. The molecular formula is C8H12N2OS. The topological polar surface area (TPSA) is 48.1 Å². The highest BCUT2D eigenvalue weighted by Gasteiger charge is 2.32. The van der Waals surface area contributed by atoms with E-state index in [0.717, 1.165) is 31.1 Å². The number of nitrogens with two attached hydrogens (primary N) is 1. The lowest BCUT2D eigenvalue weighted by Gasteiger charge is -2.31. The third-order valence-corrected chi connectivity index (χ3v) is 3.24. The van der Waals surface area contributed by atoms with Gasteiger partial charge < -0.3 is 10.5 Å². The quantitative estimate of drug-likeness (QED) is 0.711. The SMILES string of the molecule is NC1(c2nccs2)CCOCC1. The second kappa shape index (κ2) is 3.12. The van der Waals surface area contributed by atoms with Crippen molar-refractivity contribution in [1.29, 1.82) is 0 Å². The van der Waals surface area contributed by atoms with Gasteiger partial charge in [0.2, 0.25) is 0 Å². The van der Waals surface area contributed by atoms with Crippen LogP contribution in [0.3, 0.4) is 0 Å². The van der Waals surface area contributed by atoms with Crippen molar-refractivity contribution in [3.05, 3.63) is 16.6 Å². The average molecular weight is 184 g/mol. The van der Waals surface area contributed by atoms with E-state index >= 15 is 0 Å². The molecule has 0 aliphatic carbocycles. The minimum absolute atomic E-state index is 0.216. The van der Waals surface area contributed by atoms with Gasteiger partial charge in [-0.05, 0) is 12.8 Å². The van der Waals surface area contributed by atoms with E-state index in [1.807, 2.05) is 11.6 Å². The standard InChI is InChI=1S/C8H12N2OS/c9-8(1-4-11-5-2-8)7-10-3-6-12-7/h3,6H,1-2,4-5,9H2. The molecule has 2 N–H and O–H groups in total. The van der Waals surface area contributed by atoms with Crippen molar-refractivity contribution in [1.82, 2.24) is 4.98 Å². The van der Waals surface area contributed by atoms with Gasteiger partial charge in [0.1, 0.15) is 5.01 Å². The smallest absolute Gasteiger partial charge is 0.113 e. The molecule has 0 spiro atoms. The molecule has 2 heterocycles. The molecule has 0 atom stereocenters. The maximum atomic E-state index is 6.19. The highest BCUT2D eigenvalue weighted by atomic mass is 32.1.